The van der Waals surface area contributed by atoms with Gasteiger partial charge in [0.05, 0.1) is 12.0 Å². The van der Waals surface area contributed by atoms with E-state index in [1.165, 1.54) is 19.3 Å². The first kappa shape index (κ1) is 16.7. The van der Waals surface area contributed by atoms with Gasteiger partial charge in [0.25, 0.3) is 0 Å². The van der Waals surface area contributed by atoms with E-state index in [4.69, 9.17) is 9.47 Å². The highest BCUT2D eigenvalue weighted by Crippen LogP contribution is 2.60. The van der Waals surface area contributed by atoms with Crippen LogP contribution in [0.5, 0.6) is 0 Å². The van der Waals surface area contributed by atoms with Gasteiger partial charge in [-0.15, -0.1) is 0 Å². The second-order valence-corrected chi connectivity index (χ2v) is 8.30. The van der Waals surface area contributed by atoms with Crippen LogP contribution in [0.4, 0.5) is 0 Å². The summed E-state index contributed by atoms with van der Waals surface area (Å²) in [5.41, 5.74) is -0.493. The molecule has 4 bridgehead atoms. The maximum atomic E-state index is 12.9. The number of hydrogen-bond acceptors (Lipinski definition) is 7. The zero-order valence-corrected chi connectivity index (χ0v) is 13.6. The average Bonchev–Trinajstić information content (AvgIpc) is 2.54. The topological polar surface area (TPSA) is 116 Å². The number of aliphatic hydroxyl groups excluding tert-OH is 4. The lowest BCUT2D eigenvalue weighted by atomic mass is 9.49. The standard InChI is InChI=1S/C17H26O7/c18-7-11-12(19)13(20)14(21)15(23-11)24-16(22)17-4-8-1-9(5-17)3-10(2-8)6-17/h8-15,18-21H,1-7H2/t8?,9?,10?,11-,12+,13+,14-,15?,17?/m1/s1. The Morgan fingerprint density at radius 3 is 2.00 bits per heavy atom. The summed E-state index contributed by atoms with van der Waals surface area (Å²) in [6.45, 7) is -0.531. The normalized spacial score (nSPS) is 53.2. The molecule has 4 saturated carbocycles. The van der Waals surface area contributed by atoms with E-state index in [9.17, 15) is 25.2 Å². The van der Waals surface area contributed by atoms with Gasteiger partial charge in [-0.3, -0.25) is 4.79 Å². The first-order valence-corrected chi connectivity index (χ1v) is 8.93. The molecule has 5 atom stereocenters. The Bertz CT molecular complexity index is 470. The molecule has 4 N–H and O–H groups in total. The van der Waals surface area contributed by atoms with E-state index < -0.39 is 42.7 Å². The molecule has 1 unspecified atom stereocenters. The van der Waals surface area contributed by atoms with E-state index in [1.54, 1.807) is 0 Å². The van der Waals surface area contributed by atoms with Crippen LogP contribution in [-0.2, 0) is 14.3 Å². The summed E-state index contributed by atoms with van der Waals surface area (Å²) < 4.78 is 10.8. The molecule has 4 aliphatic carbocycles. The highest BCUT2D eigenvalue weighted by Gasteiger charge is 2.57. The summed E-state index contributed by atoms with van der Waals surface area (Å²) in [4.78, 5) is 12.9. The fourth-order valence-corrected chi connectivity index (χ4v) is 5.76. The van der Waals surface area contributed by atoms with E-state index in [1.807, 2.05) is 0 Å². The number of ether oxygens (including phenoxy) is 2. The minimum Gasteiger partial charge on any atom is -0.432 e. The summed E-state index contributed by atoms with van der Waals surface area (Å²) in [5, 5.41) is 38.9. The van der Waals surface area contributed by atoms with Gasteiger partial charge in [-0.05, 0) is 56.3 Å². The van der Waals surface area contributed by atoms with Crippen molar-refractivity contribution in [3.63, 3.8) is 0 Å². The molecular formula is C17H26O7. The summed E-state index contributed by atoms with van der Waals surface area (Å²) in [7, 11) is 0. The van der Waals surface area contributed by atoms with Crippen molar-refractivity contribution < 1.29 is 34.7 Å². The van der Waals surface area contributed by atoms with Gasteiger partial charge < -0.3 is 29.9 Å². The average molecular weight is 342 g/mol. The minimum atomic E-state index is -1.53. The molecule has 1 aliphatic heterocycles. The number of rotatable bonds is 3. The van der Waals surface area contributed by atoms with E-state index in [2.05, 4.69) is 0 Å². The van der Waals surface area contributed by atoms with E-state index in [0.717, 1.165) is 19.3 Å². The lowest BCUT2D eigenvalue weighted by molar-refractivity contribution is -0.297. The molecule has 136 valence electrons. The van der Waals surface area contributed by atoms with Gasteiger partial charge in [-0.25, -0.2) is 0 Å². The SMILES string of the molecule is O=C(OC1O[C@H](CO)[C@H](O)[C@H](O)[C@H]1O)C12CC3CC(CC(C3)C1)C2. The second-order valence-electron chi connectivity index (χ2n) is 8.30. The fourth-order valence-electron chi connectivity index (χ4n) is 5.76. The third-order valence-corrected chi connectivity index (χ3v) is 6.54. The van der Waals surface area contributed by atoms with Crippen molar-refractivity contribution >= 4 is 5.97 Å². The Morgan fingerprint density at radius 1 is 0.958 bits per heavy atom. The number of aliphatic hydroxyl groups is 4. The van der Waals surface area contributed by atoms with Gasteiger partial charge in [0.2, 0.25) is 6.29 Å². The monoisotopic (exact) mass is 342 g/mol. The quantitative estimate of drug-likeness (QED) is 0.513. The molecule has 0 aromatic rings. The Kier molecular flexibility index (Phi) is 4.12. The molecule has 5 aliphatic rings. The largest absolute Gasteiger partial charge is 0.432 e. The zero-order valence-electron chi connectivity index (χ0n) is 13.6. The van der Waals surface area contributed by atoms with Gasteiger partial charge in [-0.1, -0.05) is 0 Å². The van der Waals surface area contributed by atoms with E-state index in [-0.39, 0.29) is 5.97 Å². The number of carbonyl (C=O) groups is 1. The predicted molar refractivity (Wildman–Crippen MR) is 80.5 cm³/mol. The van der Waals surface area contributed by atoms with E-state index in [0.29, 0.717) is 17.8 Å². The van der Waals surface area contributed by atoms with Crippen LogP contribution < -0.4 is 0 Å². The van der Waals surface area contributed by atoms with Crippen LogP contribution >= 0.6 is 0 Å². The van der Waals surface area contributed by atoms with Crippen LogP contribution in [0.3, 0.4) is 0 Å². The summed E-state index contributed by atoms with van der Waals surface area (Å²) >= 11 is 0. The third-order valence-electron chi connectivity index (χ3n) is 6.54. The van der Waals surface area contributed by atoms with E-state index >= 15 is 0 Å². The van der Waals surface area contributed by atoms with Gasteiger partial charge in [0.1, 0.15) is 24.4 Å². The van der Waals surface area contributed by atoms with Crippen LogP contribution in [0.25, 0.3) is 0 Å². The molecule has 0 aromatic heterocycles. The lowest BCUT2D eigenvalue weighted by Gasteiger charge is -2.55. The molecule has 7 heteroatoms. The van der Waals surface area contributed by atoms with Crippen LogP contribution in [0.15, 0.2) is 0 Å². The highest BCUT2D eigenvalue weighted by molar-refractivity contribution is 5.77. The number of hydrogen-bond donors (Lipinski definition) is 4. The van der Waals surface area contributed by atoms with Crippen molar-refractivity contribution in [2.24, 2.45) is 23.2 Å². The van der Waals surface area contributed by atoms with Crippen molar-refractivity contribution in [2.45, 2.75) is 69.2 Å². The minimum absolute atomic E-state index is 0.370. The number of esters is 1. The lowest BCUT2D eigenvalue weighted by Crippen LogP contribution is -2.60. The first-order chi connectivity index (χ1) is 11.4. The van der Waals surface area contributed by atoms with Crippen molar-refractivity contribution in [1.82, 2.24) is 0 Å². The van der Waals surface area contributed by atoms with Crippen LogP contribution in [-0.4, -0.2) is 63.7 Å². The molecule has 5 rings (SSSR count). The van der Waals surface area contributed by atoms with Crippen LogP contribution in [0, 0.1) is 23.2 Å². The predicted octanol–water partition coefficient (Wildman–Crippen LogP) is -0.454. The first-order valence-electron chi connectivity index (χ1n) is 8.93. The zero-order chi connectivity index (χ0) is 17.1. The van der Waals surface area contributed by atoms with Crippen LogP contribution in [0.1, 0.15) is 38.5 Å². The molecule has 1 heterocycles. The smallest absolute Gasteiger partial charge is 0.314 e. The van der Waals surface area contributed by atoms with Crippen molar-refractivity contribution in [3.8, 4) is 0 Å². The van der Waals surface area contributed by atoms with Gasteiger partial charge >= 0.3 is 5.97 Å². The highest BCUT2D eigenvalue weighted by atomic mass is 16.7. The number of carbonyl (C=O) groups excluding carboxylic acids is 1. The van der Waals surface area contributed by atoms with Gasteiger partial charge in [0, 0.05) is 0 Å². The van der Waals surface area contributed by atoms with Crippen molar-refractivity contribution in [2.75, 3.05) is 6.61 Å². The molecule has 1 saturated heterocycles. The Labute approximate surface area is 140 Å². The fraction of sp³-hybridized carbons (Fsp3) is 0.941. The Balaban J connectivity index is 1.48. The maximum absolute atomic E-state index is 12.9. The molecule has 0 aromatic carbocycles. The van der Waals surface area contributed by atoms with Crippen molar-refractivity contribution in [3.05, 3.63) is 0 Å². The van der Waals surface area contributed by atoms with Crippen molar-refractivity contribution in [1.29, 1.82) is 0 Å². The summed E-state index contributed by atoms with van der Waals surface area (Å²) in [5.74, 6) is 1.38. The van der Waals surface area contributed by atoms with Gasteiger partial charge in [-0.2, -0.15) is 0 Å². The van der Waals surface area contributed by atoms with Gasteiger partial charge in [0.15, 0.2) is 0 Å². The summed E-state index contributed by atoms with van der Waals surface area (Å²) in [6.07, 6.45) is -0.824. The molecule has 7 nitrogen and oxygen atoms in total. The summed E-state index contributed by atoms with van der Waals surface area (Å²) in [6, 6.07) is 0. The third kappa shape index (κ3) is 2.57. The Morgan fingerprint density at radius 2 is 1.50 bits per heavy atom. The molecule has 0 amide bonds. The van der Waals surface area contributed by atoms with Crippen LogP contribution in [0.2, 0.25) is 0 Å². The molecule has 0 radical (unpaired) electrons. The Hall–Kier alpha value is -0.730. The molecule has 5 fully saturated rings. The molecular weight excluding hydrogens is 316 g/mol. The second kappa shape index (κ2) is 5.92. The molecule has 24 heavy (non-hydrogen) atoms. The maximum Gasteiger partial charge on any atom is 0.314 e. The molecule has 0 spiro atoms.